The molecule has 0 saturated carbocycles. The van der Waals surface area contributed by atoms with Gasteiger partial charge in [0.15, 0.2) is 0 Å². The van der Waals surface area contributed by atoms with Gasteiger partial charge in [0.05, 0.1) is 5.56 Å². The number of hydrogen-bond donors (Lipinski definition) is 3. The quantitative estimate of drug-likeness (QED) is 0.777. The Morgan fingerprint density at radius 1 is 1.32 bits per heavy atom. The van der Waals surface area contributed by atoms with Crippen LogP contribution in [-0.2, 0) is 6.18 Å². The monoisotopic (exact) mass is 357 g/mol. The van der Waals surface area contributed by atoms with Crippen LogP contribution < -0.4 is 16.4 Å². The Balaban J connectivity index is 1.91. The number of nitrogens with one attached hydrogen (secondary N) is 3. The molecule has 7 nitrogen and oxygen atoms in total. The zero-order chi connectivity index (χ0) is 18.0. The van der Waals surface area contributed by atoms with Crippen LogP contribution in [0.5, 0.6) is 0 Å². The summed E-state index contributed by atoms with van der Waals surface area (Å²) < 4.78 is 44.7. The average Bonchev–Trinajstić information content (AvgIpc) is 3.01. The molecule has 3 rings (SSSR count). The van der Waals surface area contributed by atoms with Crippen molar-refractivity contribution in [3.8, 4) is 11.6 Å². The van der Waals surface area contributed by atoms with Gasteiger partial charge in [-0.25, -0.2) is 14.9 Å². The number of piperidine rings is 1. The Hall–Kier alpha value is -2.36. The molecule has 136 valence electrons. The van der Waals surface area contributed by atoms with Crippen molar-refractivity contribution in [1.29, 1.82) is 0 Å². The van der Waals surface area contributed by atoms with E-state index in [4.69, 9.17) is 4.42 Å². The average molecular weight is 357 g/mol. The maximum absolute atomic E-state index is 13.3. The Kier molecular flexibility index (Phi) is 4.80. The third-order valence-corrected chi connectivity index (χ3v) is 4.31. The van der Waals surface area contributed by atoms with Gasteiger partial charge in [0.25, 0.3) is 5.89 Å². The third kappa shape index (κ3) is 4.01. The van der Waals surface area contributed by atoms with E-state index in [0.29, 0.717) is 0 Å². The minimum absolute atomic E-state index is 0.0476. The number of aromatic nitrogens is 3. The topological polar surface area (TPSA) is 95.8 Å². The molecule has 3 heterocycles. The van der Waals surface area contributed by atoms with Crippen LogP contribution in [0.25, 0.3) is 11.6 Å². The highest BCUT2D eigenvalue weighted by molar-refractivity contribution is 5.56. The first-order chi connectivity index (χ1) is 11.8. The molecule has 1 atom stereocenters. The first kappa shape index (κ1) is 17.5. The number of hydrogen-bond acceptors (Lipinski definition) is 6. The molecule has 1 aliphatic heterocycles. The number of alkyl halides is 3. The Morgan fingerprint density at radius 3 is 2.64 bits per heavy atom. The Bertz CT molecular complexity index is 780. The van der Waals surface area contributed by atoms with Crippen LogP contribution in [0.4, 0.5) is 19.0 Å². The largest absolute Gasteiger partial charge is 0.434 e. The second-order valence-corrected chi connectivity index (χ2v) is 6.03. The lowest BCUT2D eigenvalue weighted by molar-refractivity contribution is -0.137. The molecule has 0 amide bonds. The summed E-state index contributed by atoms with van der Waals surface area (Å²) in [4.78, 5) is 15.0. The van der Waals surface area contributed by atoms with Crippen molar-refractivity contribution in [2.75, 3.05) is 18.4 Å². The summed E-state index contributed by atoms with van der Waals surface area (Å²) in [5.74, 6) is -0.997. The smallest absolute Gasteiger partial charge is 0.386 e. The van der Waals surface area contributed by atoms with Crippen LogP contribution in [0.2, 0.25) is 0 Å². The maximum atomic E-state index is 13.3. The fraction of sp³-hybridized carbons (Fsp3) is 0.533. The zero-order valence-electron chi connectivity index (χ0n) is 13.5. The van der Waals surface area contributed by atoms with Gasteiger partial charge in [0.1, 0.15) is 11.5 Å². The van der Waals surface area contributed by atoms with Crippen LogP contribution in [0, 0.1) is 5.92 Å². The van der Waals surface area contributed by atoms with E-state index in [2.05, 4.69) is 25.8 Å². The molecule has 2 aromatic heterocycles. The van der Waals surface area contributed by atoms with Gasteiger partial charge >= 0.3 is 11.9 Å². The number of nitrogens with zero attached hydrogens (tertiary/aromatic N) is 2. The molecule has 1 saturated heterocycles. The van der Waals surface area contributed by atoms with Crippen molar-refractivity contribution in [2.45, 2.75) is 32.0 Å². The van der Waals surface area contributed by atoms with Crippen molar-refractivity contribution in [3.63, 3.8) is 0 Å². The molecule has 2 aromatic rings. The van der Waals surface area contributed by atoms with E-state index in [1.54, 1.807) is 0 Å². The predicted octanol–water partition coefficient (Wildman–Crippen LogP) is 2.24. The molecule has 0 spiro atoms. The summed E-state index contributed by atoms with van der Waals surface area (Å²) in [6.07, 6.45) is -2.79. The molecule has 0 unspecified atom stereocenters. The first-order valence-electron chi connectivity index (χ1n) is 7.96. The van der Waals surface area contributed by atoms with E-state index in [-0.39, 0.29) is 29.4 Å². The Morgan fingerprint density at radius 2 is 2.04 bits per heavy atom. The molecule has 10 heteroatoms. The van der Waals surface area contributed by atoms with Crippen LogP contribution in [0.15, 0.2) is 21.3 Å². The van der Waals surface area contributed by atoms with E-state index in [1.165, 1.54) is 0 Å². The maximum Gasteiger partial charge on any atom is 0.434 e. The first-order valence-corrected chi connectivity index (χ1v) is 7.96. The molecule has 0 aromatic carbocycles. The number of anilines is 1. The number of rotatable bonds is 4. The van der Waals surface area contributed by atoms with Crippen molar-refractivity contribution < 1.29 is 17.6 Å². The van der Waals surface area contributed by atoms with Gasteiger partial charge < -0.3 is 15.1 Å². The van der Waals surface area contributed by atoms with Crippen molar-refractivity contribution >= 4 is 5.82 Å². The van der Waals surface area contributed by atoms with Gasteiger partial charge in [-0.2, -0.15) is 13.2 Å². The number of H-pyrrole nitrogens is 1. The van der Waals surface area contributed by atoms with Crippen LogP contribution in [0.3, 0.4) is 0 Å². The molecule has 0 radical (unpaired) electrons. The SMILES string of the molecule is C[C@H](Nc1nc(-c2n[nH]c(=O)o2)ccc1C(F)(F)F)C1CCNCC1. The molecule has 1 aliphatic rings. The van der Waals surface area contributed by atoms with E-state index in [1.807, 2.05) is 6.92 Å². The number of pyridine rings is 1. The molecule has 0 aliphatic carbocycles. The molecule has 25 heavy (non-hydrogen) atoms. The summed E-state index contributed by atoms with van der Waals surface area (Å²) in [5, 5.41) is 11.8. The highest BCUT2D eigenvalue weighted by Crippen LogP contribution is 2.36. The highest BCUT2D eigenvalue weighted by atomic mass is 19.4. The van der Waals surface area contributed by atoms with Gasteiger partial charge in [-0.05, 0) is 50.9 Å². The van der Waals surface area contributed by atoms with Crippen LogP contribution in [0.1, 0.15) is 25.3 Å². The second kappa shape index (κ2) is 6.87. The van der Waals surface area contributed by atoms with Crippen LogP contribution in [-0.4, -0.2) is 34.3 Å². The summed E-state index contributed by atoms with van der Waals surface area (Å²) in [6.45, 7) is 3.53. The van der Waals surface area contributed by atoms with Gasteiger partial charge in [-0.3, -0.25) is 0 Å². The summed E-state index contributed by atoms with van der Waals surface area (Å²) in [5.41, 5.74) is -0.818. The summed E-state index contributed by atoms with van der Waals surface area (Å²) in [6, 6.07) is 1.86. The Labute approximate surface area is 141 Å². The third-order valence-electron chi connectivity index (χ3n) is 4.31. The number of aromatic amines is 1. The minimum Gasteiger partial charge on any atom is -0.386 e. The van der Waals surface area contributed by atoms with Crippen molar-refractivity contribution in [2.24, 2.45) is 5.92 Å². The lowest BCUT2D eigenvalue weighted by atomic mass is 9.91. The summed E-state index contributed by atoms with van der Waals surface area (Å²) >= 11 is 0. The van der Waals surface area contributed by atoms with Crippen molar-refractivity contribution in [3.05, 3.63) is 28.2 Å². The molecular formula is C15H18F3N5O2. The van der Waals surface area contributed by atoms with Gasteiger partial charge in [-0.1, -0.05) is 0 Å². The van der Waals surface area contributed by atoms with Crippen LogP contribution >= 0.6 is 0 Å². The fourth-order valence-corrected chi connectivity index (χ4v) is 2.93. The fourth-order valence-electron chi connectivity index (χ4n) is 2.93. The minimum atomic E-state index is -4.55. The molecular weight excluding hydrogens is 339 g/mol. The summed E-state index contributed by atoms with van der Waals surface area (Å²) in [7, 11) is 0. The highest BCUT2D eigenvalue weighted by Gasteiger charge is 2.35. The lowest BCUT2D eigenvalue weighted by Gasteiger charge is -2.30. The van der Waals surface area contributed by atoms with Gasteiger partial charge in [0.2, 0.25) is 0 Å². The number of halogens is 3. The van der Waals surface area contributed by atoms with E-state index >= 15 is 0 Å². The van der Waals surface area contributed by atoms with Gasteiger partial charge in [0, 0.05) is 6.04 Å². The van der Waals surface area contributed by atoms with Crippen molar-refractivity contribution in [1.82, 2.24) is 20.5 Å². The van der Waals surface area contributed by atoms with E-state index in [0.717, 1.165) is 38.1 Å². The predicted molar refractivity (Wildman–Crippen MR) is 84.0 cm³/mol. The molecule has 1 fully saturated rings. The second-order valence-electron chi connectivity index (χ2n) is 6.03. The molecule has 0 bridgehead atoms. The standard InChI is InChI=1S/C15H18F3N5O2/c1-8(9-4-6-19-7-5-9)20-12-10(15(16,17)18)2-3-11(21-12)13-22-23-14(24)25-13/h2-3,8-9,19H,4-7H2,1H3,(H,20,21)(H,23,24)/t8-/m0/s1. The lowest BCUT2D eigenvalue weighted by Crippen LogP contribution is -2.36. The van der Waals surface area contributed by atoms with Gasteiger partial charge in [-0.15, -0.1) is 5.10 Å². The normalized spacial score (nSPS) is 17.4. The molecule has 3 N–H and O–H groups in total. The van der Waals surface area contributed by atoms with E-state index < -0.39 is 17.5 Å². The van der Waals surface area contributed by atoms with E-state index in [9.17, 15) is 18.0 Å². The zero-order valence-corrected chi connectivity index (χ0v) is 13.5.